The van der Waals surface area contributed by atoms with E-state index in [1.54, 1.807) is 0 Å². The van der Waals surface area contributed by atoms with E-state index in [2.05, 4.69) is 9.97 Å². The molecular formula is C4BF4N2-. The molecule has 0 saturated carbocycles. The van der Waals surface area contributed by atoms with Gasteiger partial charge in [-0.1, -0.05) is 7.56 Å². The van der Waals surface area contributed by atoms with E-state index in [9.17, 15) is 17.5 Å². The Bertz CT molecular complexity index is 256. The summed E-state index contributed by atoms with van der Waals surface area (Å²) in [5.74, 6) is -3.12. The molecule has 0 bridgehead atoms. The van der Waals surface area contributed by atoms with Crippen molar-refractivity contribution >= 4 is 13.0 Å². The Hall–Kier alpha value is -1.14. The lowest BCUT2D eigenvalue weighted by Crippen LogP contribution is -2.24. The summed E-state index contributed by atoms with van der Waals surface area (Å²) in [6.07, 6.45) is -1.56. The van der Waals surface area contributed by atoms with Crippen molar-refractivity contribution in [1.82, 2.24) is 9.97 Å². The predicted octanol–water partition coefficient (Wildman–Crippen LogP) is 0.108. The summed E-state index contributed by atoms with van der Waals surface area (Å²) in [6, 6.07) is 0. The molecule has 0 amide bonds. The second-order valence-corrected chi connectivity index (χ2v) is 1.60. The molecule has 2 radical (unpaired) electrons. The first-order valence-corrected chi connectivity index (χ1v) is 2.47. The highest BCUT2D eigenvalue weighted by molar-refractivity contribution is 6.46. The van der Waals surface area contributed by atoms with E-state index in [1.807, 2.05) is 0 Å². The Morgan fingerprint density at radius 3 is 1.82 bits per heavy atom. The van der Waals surface area contributed by atoms with Crippen LogP contribution in [0.2, 0.25) is 0 Å². The highest BCUT2D eigenvalue weighted by atomic mass is 19.2. The third-order valence-electron chi connectivity index (χ3n) is 0.934. The lowest BCUT2D eigenvalue weighted by Gasteiger charge is -2.06. The number of halogens is 4. The van der Waals surface area contributed by atoms with Crippen LogP contribution in [0.5, 0.6) is 0 Å². The molecule has 0 atom stereocenters. The van der Waals surface area contributed by atoms with Gasteiger partial charge in [-0.25, -0.2) is 0 Å². The Morgan fingerprint density at radius 2 is 1.45 bits per heavy atom. The maximum Gasteiger partial charge on any atom is 0.313 e. The average Bonchev–Trinajstić information content (AvgIpc) is 1.85. The van der Waals surface area contributed by atoms with Crippen molar-refractivity contribution in [2.75, 3.05) is 0 Å². The van der Waals surface area contributed by atoms with Crippen LogP contribution in [-0.4, -0.2) is 17.5 Å². The Kier molecular flexibility index (Phi) is 2.07. The second kappa shape index (κ2) is 2.85. The fourth-order valence-corrected chi connectivity index (χ4v) is 0.483. The van der Waals surface area contributed by atoms with Crippen LogP contribution in [-0.2, 0) is 0 Å². The van der Waals surface area contributed by atoms with Gasteiger partial charge in [-0.05, 0) is 0 Å². The van der Waals surface area contributed by atoms with Gasteiger partial charge in [0.05, 0.1) is 0 Å². The molecule has 2 nitrogen and oxygen atoms in total. The summed E-state index contributed by atoms with van der Waals surface area (Å²) in [7, 11) is -0.371. The first kappa shape index (κ1) is 7.97. The van der Waals surface area contributed by atoms with E-state index < -0.39 is 23.4 Å². The summed E-state index contributed by atoms with van der Waals surface area (Å²) in [5, 5.41) is 0. The molecule has 0 saturated heterocycles. The standard InChI is InChI=1S/C4BF4N2/c6-2-1(5-9)3(7)11-4(8)10-2/q-1. The molecule has 0 aliphatic carbocycles. The van der Waals surface area contributed by atoms with Crippen LogP contribution in [0.4, 0.5) is 17.5 Å². The molecule has 1 aromatic rings. The largest absolute Gasteiger partial charge is 0.593 e. The minimum Gasteiger partial charge on any atom is -0.593 e. The van der Waals surface area contributed by atoms with Gasteiger partial charge in [0.25, 0.3) is 0 Å². The van der Waals surface area contributed by atoms with Gasteiger partial charge in [-0.3, -0.25) is 0 Å². The highest BCUT2D eigenvalue weighted by Gasteiger charge is 2.05. The molecule has 0 aliphatic heterocycles. The van der Waals surface area contributed by atoms with Crippen LogP contribution in [0, 0.1) is 18.0 Å². The zero-order valence-corrected chi connectivity index (χ0v) is 4.98. The van der Waals surface area contributed by atoms with Gasteiger partial charge in [0.1, 0.15) is 0 Å². The molecule has 58 valence electrons. The van der Waals surface area contributed by atoms with Crippen molar-refractivity contribution in [3.05, 3.63) is 18.0 Å². The number of nitrogens with zero attached hydrogens (tertiary/aromatic N) is 2. The Labute approximate surface area is 59.6 Å². The third kappa shape index (κ3) is 1.47. The molecule has 0 unspecified atom stereocenters. The quantitative estimate of drug-likeness (QED) is 0.254. The summed E-state index contributed by atoms with van der Waals surface area (Å²) in [5.41, 5.74) is -1.08. The molecule has 1 heterocycles. The maximum absolute atomic E-state index is 12.2. The van der Waals surface area contributed by atoms with E-state index in [0.29, 0.717) is 0 Å². The van der Waals surface area contributed by atoms with Crippen LogP contribution in [0.1, 0.15) is 0 Å². The normalized spacial score (nSPS) is 10.2. The van der Waals surface area contributed by atoms with Gasteiger partial charge in [0.15, 0.2) is 11.9 Å². The molecule has 1 aromatic heterocycles. The molecule has 1 rings (SSSR count). The zero-order valence-electron chi connectivity index (χ0n) is 4.98. The van der Waals surface area contributed by atoms with Crippen LogP contribution in [0.3, 0.4) is 0 Å². The number of hydrogen-bond donors (Lipinski definition) is 0. The van der Waals surface area contributed by atoms with E-state index in [4.69, 9.17) is 0 Å². The van der Waals surface area contributed by atoms with E-state index in [-0.39, 0.29) is 7.56 Å². The van der Waals surface area contributed by atoms with Crippen molar-refractivity contribution in [3.63, 3.8) is 0 Å². The minimum absolute atomic E-state index is 0.371. The van der Waals surface area contributed by atoms with Gasteiger partial charge < -0.3 is 4.32 Å². The molecular weight excluding hydrogens is 163 g/mol. The summed E-state index contributed by atoms with van der Waals surface area (Å²) < 4.78 is 47.9. The van der Waals surface area contributed by atoms with Crippen molar-refractivity contribution in [3.8, 4) is 0 Å². The van der Waals surface area contributed by atoms with Crippen molar-refractivity contribution in [2.24, 2.45) is 0 Å². The van der Waals surface area contributed by atoms with E-state index >= 15 is 0 Å². The van der Waals surface area contributed by atoms with Gasteiger partial charge in [-0.2, -0.15) is 23.1 Å². The minimum atomic E-state index is -1.56. The molecule has 0 spiro atoms. The summed E-state index contributed by atoms with van der Waals surface area (Å²) in [6.45, 7) is 0. The predicted molar refractivity (Wildman–Crippen MR) is 28.4 cm³/mol. The fourth-order valence-electron chi connectivity index (χ4n) is 0.483. The average molecular weight is 163 g/mol. The van der Waals surface area contributed by atoms with Gasteiger partial charge >= 0.3 is 6.08 Å². The molecule has 0 aromatic carbocycles. The number of hydrogen-bond acceptors (Lipinski definition) is 2. The van der Waals surface area contributed by atoms with Crippen molar-refractivity contribution in [1.29, 1.82) is 0 Å². The van der Waals surface area contributed by atoms with E-state index in [0.717, 1.165) is 0 Å². The number of aromatic nitrogens is 2. The Morgan fingerprint density at radius 1 is 1.00 bits per heavy atom. The van der Waals surface area contributed by atoms with Crippen LogP contribution < -0.4 is 5.46 Å². The van der Waals surface area contributed by atoms with Crippen molar-refractivity contribution < 1.29 is 17.5 Å². The van der Waals surface area contributed by atoms with Crippen LogP contribution in [0.25, 0.3) is 0 Å². The molecule has 7 heteroatoms. The van der Waals surface area contributed by atoms with Crippen LogP contribution >= 0.6 is 0 Å². The molecule has 0 fully saturated rings. The van der Waals surface area contributed by atoms with Crippen molar-refractivity contribution in [2.45, 2.75) is 0 Å². The SMILES string of the molecule is F[B-]c1c(F)nc(F)nc1F. The first-order valence-electron chi connectivity index (χ1n) is 2.47. The fraction of sp³-hybridized carbons (Fsp3) is 0. The van der Waals surface area contributed by atoms with Crippen LogP contribution in [0.15, 0.2) is 0 Å². The monoisotopic (exact) mass is 163 g/mol. The van der Waals surface area contributed by atoms with Gasteiger partial charge in [-0.15, -0.1) is 5.46 Å². The molecule has 0 N–H and O–H groups in total. The second-order valence-electron chi connectivity index (χ2n) is 1.60. The van der Waals surface area contributed by atoms with Gasteiger partial charge in [0.2, 0.25) is 0 Å². The molecule has 11 heavy (non-hydrogen) atoms. The summed E-state index contributed by atoms with van der Waals surface area (Å²) in [4.78, 5) is 4.90. The molecule has 0 aliphatic rings. The third-order valence-corrected chi connectivity index (χ3v) is 0.934. The first-order chi connectivity index (χ1) is 5.15. The topological polar surface area (TPSA) is 25.8 Å². The van der Waals surface area contributed by atoms with E-state index in [1.165, 1.54) is 0 Å². The Balaban J connectivity index is 3.25. The summed E-state index contributed by atoms with van der Waals surface area (Å²) >= 11 is 0. The smallest absolute Gasteiger partial charge is 0.313 e. The lowest BCUT2D eigenvalue weighted by atomic mass is 9.94. The highest BCUT2D eigenvalue weighted by Crippen LogP contribution is 1.94. The lowest BCUT2D eigenvalue weighted by molar-refractivity contribution is 0.446. The maximum atomic E-state index is 12.2. The zero-order chi connectivity index (χ0) is 8.43. The number of rotatable bonds is 1. The van der Waals surface area contributed by atoms with Gasteiger partial charge in [0, 0.05) is 0 Å².